The minimum atomic E-state index is 0.0507. The van der Waals surface area contributed by atoms with E-state index in [-0.39, 0.29) is 4.87 Å². The molecule has 0 saturated heterocycles. The van der Waals surface area contributed by atoms with Gasteiger partial charge in [0.2, 0.25) is 0 Å². The number of para-hydroxylation sites is 1. The monoisotopic (exact) mass is 278 g/mol. The Hall–Kier alpha value is -1.59. The van der Waals surface area contributed by atoms with E-state index in [0.29, 0.717) is 19.7 Å². The Balaban J connectivity index is 2.44. The van der Waals surface area contributed by atoms with Crippen LogP contribution in [-0.2, 0) is 6.54 Å². The first-order valence-corrected chi connectivity index (χ1v) is 7.26. The van der Waals surface area contributed by atoms with Gasteiger partial charge in [-0.05, 0) is 32.0 Å². The molecule has 2 N–H and O–H groups in total. The first-order valence-electron chi connectivity index (χ1n) is 6.38. The van der Waals surface area contributed by atoms with E-state index in [2.05, 4.69) is 0 Å². The van der Waals surface area contributed by atoms with Crippen LogP contribution in [0.25, 0.3) is 11.3 Å². The molecule has 0 aliphatic heterocycles. The molecule has 19 heavy (non-hydrogen) atoms. The van der Waals surface area contributed by atoms with Crippen molar-refractivity contribution in [2.75, 3.05) is 13.2 Å². The lowest BCUT2D eigenvalue weighted by atomic mass is 10.1. The molecular formula is C14H18N2O2S. The summed E-state index contributed by atoms with van der Waals surface area (Å²) in [6.45, 7) is 3.78. The van der Waals surface area contributed by atoms with Crippen LogP contribution in [-0.4, -0.2) is 17.7 Å². The van der Waals surface area contributed by atoms with E-state index in [1.165, 1.54) is 11.3 Å². The number of nitrogens with zero attached hydrogens (tertiary/aromatic N) is 1. The number of hydrogen-bond acceptors (Lipinski definition) is 4. The molecule has 1 aromatic carbocycles. The van der Waals surface area contributed by atoms with Crippen molar-refractivity contribution in [3.8, 4) is 17.0 Å². The van der Waals surface area contributed by atoms with Crippen molar-refractivity contribution in [2.24, 2.45) is 5.73 Å². The molecule has 4 nitrogen and oxygen atoms in total. The first-order chi connectivity index (χ1) is 9.27. The third-order valence-corrected chi connectivity index (χ3v) is 3.59. The maximum atomic E-state index is 11.9. The van der Waals surface area contributed by atoms with E-state index in [0.717, 1.165) is 23.4 Å². The van der Waals surface area contributed by atoms with Gasteiger partial charge in [-0.3, -0.25) is 9.36 Å². The number of benzene rings is 1. The Bertz CT molecular complexity index is 589. The molecule has 0 amide bonds. The van der Waals surface area contributed by atoms with Crippen LogP contribution in [0.3, 0.4) is 0 Å². The van der Waals surface area contributed by atoms with Crippen LogP contribution in [0.4, 0.5) is 0 Å². The lowest BCUT2D eigenvalue weighted by molar-refractivity contribution is 0.341. The SMILES string of the molecule is CCOc1ccccc1-c1csc(=O)n1CCCN. The molecule has 0 spiro atoms. The van der Waals surface area contributed by atoms with Gasteiger partial charge in [0.15, 0.2) is 0 Å². The maximum absolute atomic E-state index is 11.9. The maximum Gasteiger partial charge on any atom is 0.307 e. The van der Waals surface area contributed by atoms with Gasteiger partial charge >= 0.3 is 4.87 Å². The zero-order chi connectivity index (χ0) is 13.7. The minimum absolute atomic E-state index is 0.0507. The second-order valence-corrected chi connectivity index (χ2v) is 4.93. The van der Waals surface area contributed by atoms with Crippen LogP contribution in [0.5, 0.6) is 5.75 Å². The molecule has 1 heterocycles. The van der Waals surface area contributed by atoms with Crippen LogP contribution >= 0.6 is 11.3 Å². The molecule has 2 aromatic rings. The molecule has 1 aromatic heterocycles. The lowest BCUT2D eigenvalue weighted by Crippen LogP contribution is -2.16. The van der Waals surface area contributed by atoms with E-state index in [1.807, 2.05) is 36.6 Å². The Morgan fingerprint density at radius 3 is 2.89 bits per heavy atom. The van der Waals surface area contributed by atoms with Crippen LogP contribution in [0.15, 0.2) is 34.4 Å². The summed E-state index contributed by atoms with van der Waals surface area (Å²) in [5.74, 6) is 0.810. The van der Waals surface area contributed by atoms with E-state index in [4.69, 9.17) is 10.5 Å². The van der Waals surface area contributed by atoms with E-state index >= 15 is 0 Å². The smallest absolute Gasteiger partial charge is 0.307 e. The second-order valence-electron chi connectivity index (χ2n) is 4.11. The summed E-state index contributed by atoms with van der Waals surface area (Å²) in [4.78, 5) is 11.9. The Labute approximate surface area is 116 Å². The highest BCUT2D eigenvalue weighted by atomic mass is 32.1. The number of hydrogen-bond donors (Lipinski definition) is 1. The average molecular weight is 278 g/mol. The third-order valence-electron chi connectivity index (χ3n) is 2.83. The standard InChI is InChI=1S/C14H18N2O2S/c1-2-18-13-7-4-3-6-11(13)12-10-19-14(17)16(12)9-5-8-15/h3-4,6-7,10H,2,5,8-9,15H2,1H3. The van der Waals surface area contributed by atoms with Gasteiger partial charge in [-0.2, -0.15) is 0 Å². The highest BCUT2D eigenvalue weighted by Gasteiger charge is 2.12. The van der Waals surface area contributed by atoms with Crippen LogP contribution in [0.2, 0.25) is 0 Å². The summed E-state index contributed by atoms with van der Waals surface area (Å²) in [6.07, 6.45) is 0.792. The highest BCUT2D eigenvalue weighted by molar-refractivity contribution is 7.07. The Kier molecular flexibility index (Phi) is 4.76. The lowest BCUT2D eigenvalue weighted by Gasteiger charge is -2.12. The molecule has 5 heteroatoms. The van der Waals surface area contributed by atoms with Crippen molar-refractivity contribution in [3.05, 3.63) is 39.3 Å². The summed E-state index contributed by atoms with van der Waals surface area (Å²) >= 11 is 1.21. The fraction of sp³-hybridized carbons (Fsp3) is 0.357. The molecule has 0 saturated carbocycles. The topological polar surface area (TPSA) is 57.2 Å². The van der Waals surface area contributed by atoms with Crippen molar-refractivity contribution in [1.82, 2.24) is 4.57 Å². The zero-order valence-electron chi connectivity index (χ0n) is 11.0. The third kappa shape index (κ3) is 3.05. The van der Waals surface area contributed by atoms with Crippen molar-refractivity contribution in [3.63, 3.8) is 0 Å². The van der Waals surface area contributed by atoms with Crippen LogP contribution < -0.4 is 15.3 Å². The summed E-state index contributed by atoms with van der Waals surface area (Å²) in [5, 5.41) is 1.89. The van der Waals surface area contributed by atoms with E-state index < -0.39 is 0 Å². The molecule has 0 atom stereocenters. The summed E-state index contributed by atoms with van der Waals surface area (Å²) < 4.78 is 7.40. The zero-order valence-corrected chi connectivity index (χ0v) is 11.8. The van der Waals surface area contributed by atoms with Crippen molar-refractivity contribution in [2.45, 2.75) is 19.9 Å². The van der Waals surface area contributed by atoms with Gasteiger partial charge in [-0.25, -0.2) is 0 Å². The molecule has 102 valence electrons. The quantitative estimate of drug-likeness (QED) is 0.882. The largest absolute Gasteiger partial charge is 0.493 e. The predicted octanol–water partition coefficient (Wildman–Crippen LogP) is 2.32. The van der Waals surface area contributed by atoms with Gasteiger partial charge in [-0.1, -0.05) is 23.5 Å². The summed E-state index contributed by atoms with van der Waals surface area (Å²) in [5.41, 5.74) is 7.39. The number of nitrogens with two attached hydrogens (primary N) is 1. The Morgan fingerprint density at radius 2 is 2.16 bits per heavy atom. The fourth-order valence-electron chi connectivity index (χ4n) is 1.96. The van der Waals surface area contributed by atoms with Gasteiger partial charge < -0.3 is 10.5 Å². The molecule has 0 unspecified atom stereocenters. The van der Waals surface area contributed by atoms with Gasteiger partial charge in [0.1, 0.15) is 5.75 Å². The number of ether oxygens (including phenoxy) is 1. The average Bonchev–Trinajstić information content (AvgIpc) is 2.79. The van der Waals surface area contributed by atoms with Gasteiger partial charge in [0, 0.05) is 17.5 Å². The normalized spacial score (nSPS) is 10.6. The fourth-order valence-corrected chi connectivity index (χ4v) is 2.74. The second kappa shape index (κ2) is 6.54. The Morgan fingerprint density at radius 1 is 1.37 bits per heavy atom. The first kappa shape index (κ1) is 13.8. The van der Waals surface area contributed by atoms with Gasteiger partial charge in [0.05, 0.1) is 12.3 Å². The molecule has 0 fully saturated rings. The van der Waals surface area contributed by atoms with Crippen LogP contribution in [0, 0.1) is 0 Å². The molecule has 2 rings (SSSR count). The van der Waals surface area contributed by atoms with Gasteiger partial charge in [0.25, 0.3) is 0 Å². The highest BCUT2D eigenvalue weighted by Crippen LogP contribution is 2.30. The summed E-state index contributed by atoms with van der Waals surface area (Å²) in [7, 11) is 0. The molecule has 0 aliphatic carbocycles. The molecule has 0 radical (unpaired) electrons. The van der Waals surface area contributed by atoms with Crippen molar-refractivity contribution < 1.29 is 4.74 Å². The minimum Gasteiger partial charge on any atom is -0.493 e. The molecular weight excluding hydrogens is 260 g/mol. The van der Waals surface area contributed by atoms with Crippen LogP contribution in [0.1, 0.15) is 13.3 Å². The number of rotatable bonds is 6. The van der Waals surface area contributed by atoms with Crippen molar-refractivity contribution in [1.29, 1.82) is 0 Å². The van der Waals surface area contributed by atoms with E-state index in [9.17, 15) is 4.79 Å². The number of thiazole rings is 1. The van der Waals surface area contributed by atoms with E-state index in [1.54, 1.807) is 4.57 Å². The molecule has 0 bridgehead atoms. The summed E-state index contributed by atoms with van der Waals surface area (Å²) in [6, 6.07) is 7.79. The molecule has 0 aliphatic rings. The predicted molar refractivity (Wildman–Crippen MR) is 78.9 cm³/mol. The number of aromatic nitrogens is 1. The van der Waals surface area contributed by atoms with Crippen molar-refractivity contribution >= 4 is 11.3 Å². The van der Waals surface area contributed by atoms with Gasteiger partial charge in [-0.15, -0.1) is 0 Å².